The average molecular weight is 340 g/mol. The summed E-state index contributed by atoms with van der Waals surface area (Å²) in [6, 6.07) is 5.13. The summed E-state index contributed by atoms with van der Waals surface area (Å²) < 4.78 is 33.3. The maximum Gasteiger partial charge on any atom is 0.243 e. The number of aryl methyl sites for hydroxylation is 1. The van der Waals surface area contributed by atoms with Crippen LogP contribution in [0, 0.1) is 6.92 Å². The summed E-state index contributed by atoms with van der Waals surface area (Å²) in [5, 5.41) is 0. The van der Waals surface area contributed by atoms with E-state index in [9.17, 15) is 8.42 Å². The Balaban J connectivity index is 2.29. The summed E-state index contributed by atoms with van der Waals surface area (Å²) in [7, 11) is -3.48. The quantitative estimate of drug-likeness (QED) is 0.864. The van der Waals surface area contributed by atoms with Gasteiger partial charge >= 0.3 is 0 Å². The van der Waals surface area contributed by atoms with Gasteiger partial charge in [0.2, 0.25) is 10.0 Å². The van der Waals surface area contributed by atoms with E-state index in [4.69, 9.17) is 10.5 Å². The fraction of sp³-hybridized carbons (Fsp3) is 0.647. The predicted molar refractivity (Wildman–Crippen MR) is 92.1 cm³/mol. The number of benzene rings is 1. The van der Waals surface area contributed by atoms with E-state index in [0.29, 0.717) is 24.4 Å². The van der Waals surface area contributed by atoms with E-state index in [1.807, 2.05) is 20.8 Å². The molecule has 2 rings (SSSR count). The Labute approximate surface area is 139 Å². The molecule has 2 N–H and O–H groups in total. The molecule has 1 heterocycles. The van der Waals surface area contributed by atoms with Crippen molar-refractivity contribution in [2.24, 2.45) is 5.73 Å². The van der Waals surface area contributed by atoms with Gasteiger partial charge in [-0.1, -0.05) is 6.42 Å². The van der Waals surface area contributed by atoms with E-state index in [1.54, 1.807) is 22.5 Å². The molecule has 5 nitrogen and oxygen atoms in total. The minimum Gasteiger partial charge on any atom is -0.491 e. The van der Waals surface area contributed by atoms with Crippen LogP contribution in [0.2, 0.25) is 0 Å². The van der Waals surface area contributed by atoms with Crippen LogP contribution in [0.25, 0.3) is 0 Å². The molecule has 1 aromatic rings. The number of nitrogens with zero attached hydrogens (tertiary/aromatic N) is 1. The molecule has 23 heavy (non-hydrogen) atoms. The molecule has 0 saturated carbocycles. The molecule has 0 aromatic heterocycles. The van der Waals surface area contributed by atoms with E-state index in [0.717, 1.165) is 30.6 Å². The minimum absolute atomic E-state index is 0.0191. The van der Waals surface area contributed by atoms with Gasteiger partial charge in [-0.2, -0.15) is 4.31 Å². The lowest BCUT2D eigenvalue weighted by Gasteiger charge is -2.34. The van der Waals surface area contributed by atoms with Crippen LogP contribution in [0.5, 0.6) is 5.75 Å². The summed E-state index contributed by atoms with van der Waals surface area (Å²) in [5.41, 5.74) is 6.50. The van der Waals surface area contributed by atoms with Gasteiger partial charge in [0.1, 0.15) is 5.75 Å². The average Bonchev–Trinajstić information content (AvgIpc) is 2.49. The van der Waals surface area contributed by atoms with Gasteiger partial charge < -0.3 is 10.5 Å². The van der Waals surface area contributed by atoms with Crippen molar-refractivity contribution in [2.45, 2.75) is 63.5 Å². The Kier molecular flexibility index (Phi) is 6.06. The molecule has 1 aliphatic heterocycles. The van der Waals surface area contributed by atoms with E-state index in [-0.39, 0.29) is 12.1 Å². The maximum atomic E-state index is 13.0. The van der Waals surface area contributed by atoms with Gasteiger partial charge in [0.25, 0.3) is 0 Å². The number of hydrogen-bond acceptors (Lipinski definition) is 4. The van der Waals surface area contributed by atoms with Crippen LogP contribution in [0.15, 0.2) is 23.1 Å². The van der Waals surface area contributed by atoms with Gasteiger partial charge in [0.05, 0.1) is 11.0 Å². The van der Waals surface area contributed by atoms with Crippen LogP contribution in [0.4, 0.5) is 0 Å². The monoisotopic (exact) mass is 340 g/mol. The minimum atomic E-state index is -3.48. The van der Waals surface area contributed by atoms with Gasteiger partial charge in [-0.15, -0.1) is 0 Å². The second kappa shape index (κ2) is 7.64. The Morgan fingerprint density at radius 1 is 1.35 bits per heavy atom. The second-order valence-electron chi connectivity index (χ2n) is 6.44. The molecular weight excluding hydrogens is 312 g/mol. The highest BCUT2D eigenvalue weighted by Gasteiger charge is 2.33. The number of ether oxygens (including phenoxy) is 1. The first-order valence-electron chi connectivity index (χ1n) is 8.35. The zero-order valence-electron chi connectivity index (χ0n) is 14.3. The number of hydrogen-bond donors (Lipinski definition) is 1. The molecule has 1 aromatic carbocycles. The third-order valence-electron chi connectivity index (χ3n) is 4.19. The number of nitrogens with two attached hydrogens (primary N) is 1. The summed E-state index contributed by atoms with van der Waals surface area (Å²) in [5.74, 6) is 0.733. The van der Waals surface area contributed by atoms with Crippen molar-refractivity contribution in [3.05, 3.63) is 23.8 Å². The topological polar surface area (TPSA) is 72.6 Å². The third kappa shape index (κ3) is 4.25. The Morgan fingerprint density at radius 3 is 2.70 bits per heavy atom. The van der Waals surface area contributed by atoms with Crippen molar-refractivity contribution in [2.75, 3.05) is 13.1 Å². The molecular formula is C17H28N2O3S. The van der Waals surface area contributed by atoms with Crippen LogP contribution in [-0.4, -0.2) is 38.0 Å². The van der Waals surface area contributed by atoms with Crippen LogP contribution in [0.3, 0.4) is 0 Å². The lowest BCUT2D eigenvalue weighted by atomic mass is 10.0. The lowest BCUT2D eigenvalue weighted by molar-refractivity contribution is 0.240. The smallest absolute Gasteiger partial charge is 0.243 e. The molecule has 0 amide bonds. The SMILES string of the molecule is Cc1cc(S(=O)(=O)N2CCCCC2CCN)ccc1OC(C)C. The zero-order chi connectivity index (χ0) is 17.0. The Morgan fingerprint density at radius 2 is 2.09 bits per heavy atom. The normalized spacial score (nSPS) is 20.0. The Hall–Kier alpha value is -1.11. The molecule has 1 unspecified atom stereocenters. The van der Waals surface area contributed by atoms with Crippen molar-refractivity contribution in [3.8, 4) is 5.75 Å². The highest BCUT2D eigenvalue weighted by Crippen LogP contribution is 2.29. The van der Waals surface area contributed by atoms with Gasteiger partial charge in [-0.05, 0) is 70.3 Å². The second-order valence-corrected chi connectivity index (χ2v) is 8.33. The first-order valence-corrected chi connectivity index (χ1v) is 9.79. The Bertz CT molecular complexity index is 627. The van der Waals surface area contributed by atoms with Crippen LogP contribution in [0.1, 0.15) is 45.1 Å². The predicted octanol–water partition coefficient (Wildman–Crippen LogP) is 2.67. The van der Waals surface area contributed by atoms with E-state index in [1.165, 1.54) is 0 Å². The van der Waals surface area contributed by atoms with Crippen LogP contribution >= 0.6 is 0 Å². The van der Waals surface area contributed by atoms with Crippen molar-refractivity contribution < 1.29 is 13.2 Å². The molecule has 6 heteroatoms. The van der Waals surface area contributed by atoms with Crippen molar-refractivity contribution in [3.63, 3.8) is 0 Å². The van der Waals surface area contributed by atoms with E-state index >= 15 is 0 Å². The van der Waals surface area contributed by atoms with Crippen molar-refractivity contribution >= 4 is 10.0 Å². The van der Waals surface area contributed by atoms with Gasteiger partial charge in [-0.3, -0.25) is 0 Å². The fourth-order valence-corrected chi connectivity index (χ4v) is 4.88. The van der Waals surface area contributed by atoms with Crippen molar-refractivity contribution in [1.29, 1.82) is 0 Å². The standard InChI is InChI=1S/C17H28N2O3S/c1-13(2)22-17-8-7-16(12-14(17)3)23(20,21)19-11-5-4-6-15(19)9-10-18/h7-8,12-13,15H,4-6,9-11,18H2,1-3H3. The molecule has 1 aliphatic rings. The van der Waals surface area contributed by atoms with Gasteiger partial charge in [0, 0.05) is 12.6 Å². The molecule has 0 bridgehead atoms. The third-order valence-corrected chi connectivity index (χ3v) is 6.14. The first kappa shape index (κ1) is 18.2. The molecule has 1 saturated heterocycles. The summed E-state index contributed by atoms with van der Waals surface area (Å²) >= 11 is 0. The fourth-order valence-electron chi connectivity index (χ4n) is 3.08. The van der Waals surface area contributed by atoms with E-state index in [2.05, 4.69) is 0 Å². The summed E-state index contributed by atoms with van der Waals surface area (Å²) in [4.78, 5) is 0.343. The maximum absolute atomic E-state index is 13.0. The molecule has 1 fully saturated rings. The number of sulfonamides is 1. The number of piperidine rings is 1. The number of rotatable bonds is 6. The van der Waals surface area contributed by atoms with E-state index < -0.39 is 10.0 Å². The molecule has 0 spiro atoms. The highest BCUT2D eigenvalue weighted by molar-refractivity contribution is 7.89. The zero-order valence-corrected chi connectivity index (χ0v) is 15.1. The highest BCUT2D eigenvalue weighted by atomic mass is 32.2. The largest absolute Gasteiger partial charge is 0.491 e. The molecule has 1 atom stereocenters. The summed E-state index contributed by atoms with van der Waals surface area (Å²) in [6.07, 6.45) is 3.65. The van der Waals surface area contributed by atoms with Crippen molar-refractivity contribution in [1.82, 2.24) is 4.31 Å². The summed E-state index contributed by atoms with van der Waals surface area (Å²) in [6.45, 7) is 6.88. The lowest BCUT2D eigenvalue weighted by Crippen LogP contribution is -2.44. The molecule has 0 aliphatic carbocycles. The van der Waals surface area contributed by atoms with Gasteiger partial charge in [-0.25, -0.2) is 8.42 Å². The first-order chi connectivity index (χ1) is 10.9. The van der Waals surface area contributed by atoms with Crippen LogP contribution in [-0.2, 0) is 10.0 Å². The van der Waals surface area contributed by atoms with Gasteiger partial charge in [0.15, 0.2) is 0 Å². The molecule has 130 valence electrons. The molecule has 0 radical (unpaired) electrons. The van der Waals surface area contributed by atoms with Crippen LogP contribution < -0.4 is 10.5 Å².